The quantitative estimate of drug-likeness (QED) is 0.891. The molecule has 1 unspecified atom stereocenters. The number of hydrogen-bond acceptors (Lipinski definition) is 3. The number of benzene rings is 1. The van der Waals surface area contributed by atoms with Crippen molar-refractivity contribution in [3.05, 3.63) is 28.2 Å². The topological polar surface area (TPSA) is 78.9 Å². The number of morpholine rings is 1. The number of carbonyl (C=O) groups is 2. The largest absolute Gasteiger partial charge is 0.481 e. The zero-order valence-electron chi connectivity index (χ0n) is 11.0. The van der Waals surface area contributed by atoms with E-state index in [9.17, 15) is 9.59 Å². The first-order valence-electron chi connectivity index (χ1n) is 6.30. The Morgan fingerprint density at radius 2 is 2.19 bits per heavy atom. The van der Waals surface area contributed by atoms with E-state index in [1.807, 2.05) is 0 Å². The third kappa shape index (κ3) is 4.49. The minimum atomic E-state index is -0.956. The van der Waals surface area contributed by atoms with E-state index in [4.69, 9.17) is 33.0 Å². The maximum Gasteiger partial charge on any atom is 0.322 e. The second kappa shape index (κ2) is 6.98. The number of carbonyl (C=O) groups excluding carboxylic acids is 1. The van der Waals surface area contributed by atoms with Crippen molar-refractivity contribution in [3.63, 3.8) is 0 Å². The number of anilines is 1. The van der Waals surface area contributed by atoms with E-state index in [1.54, 1.807) is 12.1 Å². The monoisotopic (exact) mass is 332 g/mol. The number of carboxylic acids is 1. The second-order valence-corrected chi connectivity index (χ2v) is 5.43. The van der Waals surface area contributed by atoms with E-state index in [2.05, 4.69) is 5.32 Å². The molecule has 1 atom stereocenters. The summed E-state index contributed by atoms with van der Waals surface area (Å²) in [5.74, 6) is -0.956. The smallest absolute Gasteiger partial charge is 0.322 e. The second-order valence-electron chi connectivity index (χ2n) is 4.59. The van der Waals surface area contributed by atoms with Gasteiger partial charge in [0.15, 0.2) is 0 Å². The van der Waals surface area contributed by atoms with Crippen molar-refractivity contribution in [2.24, 2.45) is 0 Å². The predicted octanol–water partition coefficient (Wildman–Crippen LogP) is 2.70. The molecule has 0 aromatic heterocycles. The molecule has 1 heterocycles. The molecule has 1 aromatic carbocycles. The number of aliphatic carboxylic acids is 1. The molecule has 6 nitrogen and oxygen atoms in total. The van der Waals surface area contributed by atoms with Crippen molar-refractivity contribution in [2.45, 2.75) is 12.5 Å². The molecule has 0 bridgehead atoms. The van der Waals surface area contributed by atoms with E-state index in [-0.39, 0.29) is 19.0 Å². The lowest BCUT2D eigenvalue weighted by Gasteiger charge is -2.32. The Hall–Kier alpha value is -1.50. The van der Waals surface area contributed by atoms with Crippen LogP contribution >= 0.6 is 23.2 Å². The maximum absolute atomic E-state index is 12.2. The van der Waals surface area contributed by atoms with Crippen LogP contribution in [0.2, 0.25) is 10.0 Å². The van der Waals surface area contributed by atoms with Crippen LogP contribution in [-0.4, -0.2) is 47.8 Å². The van der Waals surface area contributed by atoms with E-state index in [1.165, 1.54) is 11.0 Å². The van der Waals surface area contributed by atoms with E-state index < -0.39 is 12.1 Å². The molecule has 2 N–H and O–H groups in total. The summed E-state index contributed by atoms with van der Waals surface area (Å²) >= 11 is 11.8. The van der Waals surface area contributed by atoms with Crippen LogP contribution in [-0.2, 0) is 9.53 Å². The van der Waals surface area contributed by atoms with Crippen LogP contribution in [0.5, 0.6) is 0 Å². The Morgan fingerprint density at radius 1 is 1.43 bits per heavy atom. The van der Waals surface area contributed by atoms with Gasteiger partial charge in [0.05, 0.1) is 29.8 Å². The fourth-order valence-corrected chi connectivity index (χ4v) is 2.46. The Labute approximate surface area is 131 Å². The zero-order chi connectivity index (χ0) is 15.4. The van der Waals surface area contributed by atoms with Crippen molar-refractivity contribution >= 4 is 40.9 Å². The van der Waals surface area contributed by atoms with Crippen molar-refractivity contribution in [1.82, 2.24) is 4.90 Å². The average molecular weight is 333 g/mol. The number of nitrogens with zero attached hydrogens (tertiary/aromatic N) is 1. The van der Waals surface area contributed by atoms with Gasteiger partial charge in [0.2, 0.25) is 0 Å². The normalized spacial score (nSPS) is 18.4. The van der Waals surface area contributed by atoms with Gasteiger partial charge in [0, 0.05) is 18.1 Å². The van der Waals surface area contributed by atoms with Gasteiger partial charge in [0.25, 0.3) is 0 Å². The van der Waals surface area contributed by atoms with Gasteiger partial charge in [-0.2, -0.15) is 0 Å². The van der Waals surface area contributed by atoms with Crippen LogP contribution in [0.25, 0.3) is 0 Å². The maximum atomic E-state index is 12.2. The summed E-state index contributed by atoms with van der Waals surface area (Å²) in [6.45, 7) is 0.927. The molecule has 2 rings (SSSR count). The number of rotatable bonds is 3. The standard InChI is InChI=1S/C13H14Cl2N2O4/c14-8-1-2-11(10(15)5-8)16-13(20)17-3-4-21-9(7-17)6-12(18)19/h1-2,5,9H,3-4,6-7H2,(H,16,20)(H,18,19). The van der Waals surface area contributed by atoms with Crippen LogP contribution < -0.4 is 5.32 Å². The molecule has 21 heavy (non-hydrogen) atoms. The number of urea groups is 1. The highest BCUT2D eigenvalue weighted by Crippen LogP contribution is 2.25. The van der Waals surface area contributed by atoms with Gasteiger partial charge in [0.1, 0.15) is 0 Å². The first kappa shape index (κ1) is 15.9. The molecule has 2 amide bonds. The lowest BCUT2D eigenvalue weighted by Crippen LogP contribution is -2.47. The van der Waals surface area contributed by atoms with E-state index in [0.717, 1.165) is 0 Å². The third-order valence-corrected chi connectivity index (χ3v) is 3.55. The minimum Gasteiger partial charge on any atom is -0.481 e. The lowest BCUT2D eigenvalue weighted by atomic mass is 10.2. The number of amides is 2. The Kier molecular flexibility index (Phi) is 5.27. The molecule has 114 valence electrons. The Bertz CT molecular complexity index is 553. The summed E-state index contributed by atoms with van der Waals surface area (Å²) < 4.78 is 5.31. The number of halogens is 2. The molecular weight excluding hydrogens is 319 g/mol. The summed E-state index contributed by atoms with van der Waals surface area (Å²) in [4.78, 5) is 24.3. The van der Waals surface area contributed by atoms with E-state index in [0.29, 0.717) is 28.9 Å². The Balaban J connectivity index is 1.97. The first-order chi connectivity index (χ1) is 9.95. The molecule has 1 fully saturated rings. The summed E-state index contributed by atoms with van der Waals surface area (Å²) in [7, 11) is 0. The van der Waals surface area contributed by atoms with Gasteiger partial charge < -0.3 is 20.1 Å². The molecule has 1 aromatic rings. The summed E-state index contributed by atoms with van der Waals surface area (Å²) in [5.41, 5.74) is 0.451. The zero-order valence-corrected chi connectivity index (χ0v) is 12.5. The summed E-state index contributed by atoms with van der Waals surface area (Å²) in [6.07, 6.45) is -0.631. The van der Waals surface area contributed by atoms with Crippen molar-refractivity contribution in [3.8, 4) is 0 Å². The fraction of sp³-hybridized carbons (Fsp3) is 0.385. The van der Waals surface area contributed by atoms with Crippen molar-refractivity contribution < 1.29 is 19.4 Å². The molecule has 0 saturated carbocycles. The van der Waals surface area contributed by atoms with Crippen LogP contribution in [0.1, 0.15) is 6.42 Å². The first-order valence-corrected chi connectivity index (χ1v) is 7.05. The van der Waals surface area contributed by atoms with Gasteiger partial charge in [-0.25, -0.2) is 4.79 Å². The van der Waals surface area contributed by atoms with Gasteiger partial charge >= 0.3 is 12.0 Å². The predicted molar refractivity (Wildman–Crippen MR) is 79.0 cm³/mol. The van der Waals surface area contributed by atoms with Crippen LogP contribution in [0.3, 0.4) is 0 Å². The Morgan fingerprint density at radius 3 is 2.86 bits per heavy atom. The number of nitrogens with one attached hydrogen (secondary N) is 1. The van der Waals surface area contributed by atoms with Gasteiger partial charge in [-0.3, -0.25) is 4.79 Å². The number of ether oxygens (including phenoxy) is 1. The lowest BCUT2D eigenvalue weighted by molar-refractivity contribution is -0.141. The van der Waals surface area contributed by atoms with Gasteiger partial charge in [-0.05, 0) is 18.2 Å². The highest BCUT2D eigenvalue weighted by molar-refractivity contribution is 6.36. The van der Waals surface area contributed by atoms with Crippen molar-refractivity contribution in [2.75, 3.05) is 25.0 Å². The van der Waals surface area contributed by atoms with Crippen LogP contribution in [0, 0.1) is 0 Å². The third-order valence-electron chi connectivity index (χ3n) is 3.00. The molecular formula is C13H14Cl2N2O4. The van der Waals surface area contributed by atoms with E-state index >= 15 is 0 Å². The fourth-order valence-electron chi connectivity index (χ4n) is 2.01. The molecule has 0 aliphatic carbocycles. The van der Waals surface area contributed by atoms with Crippen LogP contribution in [0.15, 0.2) is 18.2 Å². The SMILES string of the molecule is O=C(O)CC1CN(C(=O)Nc2ccc(Cl)cc2Cl)CCO1. The molecule has 0 radical (unpaired) electrons. The molecule has 1 saturated heterocycles. The average Bonchev–Trinajstić information content (AvgIpc) is 2.41. The molecule has 8 heteroatoms. The minimum absolute atomic E-state index is 0.133. The van der Waals surface area contributed by atoms with Gasteiger partial charge in [-0.15, -0.1) is 0 Å². The summed E-state index contributed by atoms with van der Waals surface area (Å²) in [5, 5.41) is 12.3. The van der Waals surface area contributed by atoms with Crippen LogP contribution in [0.4, 0.5) is 10.5 Å². The highest BCUT2D eigenvalue weighted by Gasteiger charge is 2.26. The molecule has 1 aliphatic rings. The van der Waals surface area contributed by atoms with Gasteiger partial charge in [-0.1, -0.05) is 23.2 Å². The number of hydrogen-bond donors (Lipinski definition) is 2. The number of carboxylic acid groups (broad SMARTS) is 1. The molecule has 0 spiro atoms. The van der Waals surface area contributed by atoms with Crippen molar-refractivity contribution in [1.29, 1.82) is 0 Å². The molecule has 1 aliphatic heterocycles. The highest BCUT2D eigenvalue weighted by atomic mass is 35.5. The summed E-state index contributed by atoms with van der Waals surface area (Å²) in [6, 6.07) is 4.41.